The van der Waals surface area contributed by atoms with Crippen LogP contribution in [0.3, 0.4) is 0 Å². The molecule has 0 saturated heterocycles. The summed E-state index contributed by atoms with van der Waals surface area (Å²) in [6, 6.07) is 10.8. The lowest BCUT2D eigenvalue weighted by Crippen LogP contribution is -2.87. The molecule has 3 heteroatoms. The summed E-state index contributed by atoms with van der Waals surface area (Å²) in [5, 5.41) is 2.25. The molecule has 1 aromatic carbocycles. The van der Waals surface area contributed by atoms with E-state index in [0.717, 1.165) is 13.1 Å². The Bertz CT molecular complexity index is 383. The summed E-state index contributed by atoms with van der Waals surface area (Å²) in [6.07, 6.45) is 5.65. The number of benzene rings is 1. The van der Waals surface area contributed by atoms with Gasteiger partial charge in [0.1, 0.15) is 0 Å². The molecule has 18 heavy (non-hydrogen) atoms. The number of nitrogens with two attached hydrogens (primary N) is 2. The van der Waals surface area contributed by atoms with Crippen molar-refractivity contribution in [1.82, 2.24) is 0 Å². The zero-order chi connectivity index (χ0) is 12.8. The van der Waals surface area contributed by atoms with Crippen molar-refractivity contribution in [1.29, 1.82) is 0 Å². The molecule has 2 rings (SSSR count). The second-order valence-electron chi connectivity index (χ2n) is 5.35. The maximum Gasteiger partial charge on any atom is 0.223 e. The van der Waals surface area contributed by atoms with E-state index in [4.69, 9.17) is 5.73 Å². The quantitative estimate of drug-likeness (QED) is 0.722. The fourth-order valence-electron chi connectivity index (χ4n) is 3.08. The molecule has 0 atom stereocenters. The standard InChI is InChI=1S/C15H22N2O/c16-14(18)8-11-17-12-15(9-4-5-10-15)13-6-2-1-3-7-13/h1-3,6-7,17H,4-5,8-12H2,(H2,16,18)/p+1. The highest BCUT2D eigenvalue weighted by Gasteiger charge is 2.37. The van der Waals surface area contributed by atoms with E-state index in [1.807, 2.05) is 0 Å². The lowest BCUT2D eigenvalue weighted by molar-refractivity contribution is -0.661. The number of hydrogen-bond donors (Lipinski definition) is 2. The van der Waals surface area contributed by atoms with E-state index < -0.39 is 0 Å². The highest BCUT2D eigenvalue weighted by molar-refractivity contribution is 5.73. The number of primary amides is 1. The van der Waals surface area contributed by atoms with Gasteiger partial charge >= 0.3 is 0 Å². The van der Waals surface area contributed by atoms with Crippen molar-refractivity contribution in [3.63, 3.8) is 0 Å². The van der Waals surface area contributed by atoms with Gasteiger partial charge in [0.15, 0.2) is 0 Å². The van der Waals surface area contributed by atoms with Gasteiger partial charge in [-0.15, -0.1) is 0 Å². The maximum absolute atomic E-state index is 10.7. The van der Waals surface area contributed by atoms with Crippen LogP contribution in [0.1, 0.15) is 37.7 Å². The smallest absolute Gasteiger partial charge is 0.223 e. The van der Waals surface area contributed by atoms with Crippen molar-refractivity contribution in [3.8, 4) is 0 Å². The summed E-state index contributed by atoms with van der Waals surface area (Å²) in [7, 11) is 0. The fourth-order valence-corrected chi connectivity index (χ4v) is 3.08. The van der Waals surface area contributed by atoms with Gasteiger partial charge in [-0.05, 0) is 18.4 Å². The molecular weight excluding hydrogens is 224 g/mol. The van der Waals surface area contributed by atoms with Crippen LogP contribution in [0.25, 0.3) is 0 Å². The Morgan fingerprint density at radius 2 is 1.89 bits per heavy atom. The summed E-state index contributed by atoms with van der Waals surface area (Å²) in [4.78, 5) is 10.7. The first-order valence-corrected chi connectivity index (χ1v) is 6.88. The van der Waals surface area contributed by atoms with Crippen molar-refractivity contribution in [2.45, 2.75) is 37.5 Å². The molecule has 0 bridgehead atoms. The van der Waals surface area contributed by atoms with Crippen LogP contribution in [0, 0.1) is 0 Å². The minimum Gasteiger partial charge on any atom is -0.369 e. The summed E-state index contributed by atoms with van der Waals surface area (Å²) in [6.45, 7) is 1.88. The van der Waals surface area contributed by atoms with Crippen LogP contribution in [-0.4, -0.2) is 19.0 Å². The number of quaternary nitrogens is 1. The Balaban J connectivity index is 1.97. The van der Waals surface area contributed by atoms with Crippen molar-refractivity contribution < 1.29 is 10.1 Å². The summed E-state index contributed by atoms with van der Waals surface area (Å²) >= 11 is 0. The average molecular weight is 247 g/mol. The van der Waals surface area contributed by atoms with Crippen molar-refractivity contribution >= 4 is 5.91 Å². The molecule has 1 aliphatic carbocycles. The molecule has 0 radical (unpaired) electrons. The first-order chi connectivity index (χ1) is 8.73. The molecule has 0 spiro atoms. The minimum atomic E-state index is -0.202. The minimum absolute atomic E-state index is 0.202. The Hall–Kier alpha value is -1.35. The summed E-state index contributed by atoms with van der Waals surface area (Å²) in [5.74, 6) is -0.202. The Morgan fingerprint density at radius 1 is 1.22 bits per heavy atom. The average Bonchev–Trinajstić information content (AvgIpc) is 2.86. The van der Waals surface area contributed by atoms with Gasteiger partial charge in [0, 0.05) is 5.41 Å². The first kappa shape index (κ1) is 13.1. The zero-order valence-electron chi connectivity index (χ0n) is 10.9. The zero-order valence-corrected chi connectivity index (χ0v) is 10.9. The SMILES string of the molecule is NC(=O)CC[NH2+]CC1(c2ccccc2)CCCC1. The highest BCUT2D eigenvalue weighted by atomic mass is 16.1. The van der Waals surface area contributed by atoms with Crippen molar-refractivity contribution in [3.05, 3.63) is 35.9 Å². The molecule has 0 unspecified atom stereocenters. The Kier molecular flexibility index (Phi) is 4.37. The second kappa shape index (κ2) is 6.01. The van der Waals surface area contributed by atoms with E-state index in [-0.39, 0.29) is 5.91 Å². The van der Waals surface area contributed by atoms with E-state index in [0.29, 0.717) is 11.8 Å². The number of hydrogen-bond acceptors (Lipinski definition) is 1. The molecule has 0 heterocycles. The molecule has 1 aliphatic rings. The van der Waals surface area contributed by atoms with Gasteiger partial charge in [-0.3, -0.25) is 4.79 Å². The topological polar surface area (TPSA) is 59.7 Å². The molecule has 4 N–H and O–H groups in total. The van der Waals surface area contributed by atoms with Crippen molar-refractivity contribution in [2.75, 3.05) is 13.1 Å². The van der Waals surface area contributed by atoms with Crippen LogP contribution in [0.5, 0.6) is 0 Å². The predicted octanol–water partition coefficient (Wildman–Crippen LogP) is 0.937. The largest absolute Gasteiger partial charge is 0.369 e. The molecule has 1 saturated carbocycles. The predicted molar refractivity (Wildman–Crippen MR) is 72.1 cm³/mol. The number of carbonyl (C=O) groups is 1. The molecule has 3 nitrogen and oxygen atoms in total. The monoisotopic (exact) mass is 247 g/mol. The number of carbonyl (C=O) groups excluding carboxylic acids is 1. The molecule has 98 valence electrons. The normalized spacial score (nSPS) is 17.8. The Labute approximate surface area is 109 Å². The van der Waals surface area contributed by atoms with Gasteiger partial charge in [-0.2, -0.15) is 0 Å². The van der Waals surface area contributed by atoms with Gasteiger partial charge in [-0.25, -0.2) is 0 Å². The van der Waals surface area contributed by atoms with E-state index in [1.54, 1.807) is 0 Å². The third kappa shape index (κ3) is 3.10. The van der Waals surface area contributed by atoms with E-state index >= 15 is 0 Å². The third-order valence-corrected chi connectivity index (χ3v) is 4.08. The number of amides is 1. The van der Waals surface area contributed by atoms with Gasteiger partial charge < -0.3 is 11.1 Å². The molecule has 0 aliphatic heterocycles. The fraction of sp³-hybridized carbons (Fsp3) is 0.533. The summed E-state index contributed by atoms with van der Waals surface area (Å²) in [5.41, 5.74) is 6.95. The van der Waals surface area contributed by atoms with Crippen LogP contribution in [-0.2, 0) is 10.2 Å². The molecule has 0 aromatic heterocycles. The van der Waals surface area contributed by atoms with Crippen LogP contribution in [0.15, 0.2) is 30.3 Å². The lowest BCUT2D eigenvalue weighted by Gasteiger charge is -2.27. The van der Waals surface area contributed by atoms with E-state index in [1.165, 1.54) is 31.2 Å². The van der Waals surface area contributed by atoms with Crippen LogP contribution < -0.4 is 11.1 Å². The maximum atomic E-state index is 10.7. The molecule has 1 aromatic rings. The van der Waals surface area contributed by atoms with Crippen LogP contribution >= 0.6 is 0 Å². The second-order valence-corrected chi connectivity index (χ2v) is 5.35. The summed E-state index contributed by atoms with van der Waals surface area (Å²) < 4.78 is 0. The molecule has 1 amide bonds. The third-order valence-electron chi connectivity index (χ3n) is 4.08. The lowest BCUT2D eigenvalue weighted by atomic mass is 9.79. The van der Waals surface area contributed by atoms with Gasteiger partial charge in [0.05, 0.1) is 19.5 Å². The van der Waals surface area contributed by atoms with Crippen molar-refractivity contribution in [2.24, 2.45) is 5.73 Å². The Morgan fingerprint density at radius 3 is 2.50 bits per heavy atom. The molecule has 1 fully saturated rings. The first-order valence-electron chi connectivity index (χ1n) is 6.88. The molecular formula is C15H23N2O+. The van der Waals surface area contributed by atoms with Crippen LogP contribution in [0.4, 0.5) is 0 Å². The highest BCUT2D eigenvalue weighted by Crippen LogP contribution is 2.39. The van der Waals surface area contributed by atoms with Gasteiger partial charge in [0.25, 0.3) is 0 Å². The van der Waals surface area contributed by atoms with E-state index in [9.17, 15) is 4.79 Å². The van der Waals surface area contributed by atoms with E-state index in [2.05, 4.69) is 35.6 Å². The van der Waals surface area contributed by atoms with Gasteiger partial charge in [0.2, 0.25) is 5.91 Å². The van der Waals surface area contributed by atoms with Crippen LogP contribution in [0.2, 0.25) is 0 Å². The number of rotatable bonds is 6. The van der Waals surface area contributed by atoms with Gasteiger partial charge in [-0.1, -0.05) is 43.2 Å².